The Morgan fingerprint density at radius 1 is 1.47 bits per heavy atom. The van der Waals surface area contributed by atoms with Crippen LogP contribution in [0, 0.1) is 16.0 Å². The van der Waals surface area contributed by atoms with Crippen molar-refractivity contribution in [2.75, 3.05) is 18.5 Å². The highest BCUT2D eigenvalue weighted by Gasteiger charge is 2.24. The Kier molecular flexibility index (Phi) is 4.50. The minimum absolute atomic E-state index is 0.114. The van der Waals surface area contributed by atoms with Gasteiger partial charge in [-0.25, -0.2) is 0 Å². The molecule has 0 spiro atoms. The average Bonchev–Trinajstić information content (AvgIpc) is 2.86. The second-order valence-electron chi connectivity index (χ2n) is 4.60. The molecule has 19 heavy (non-hydrogen) atoms. The van der Waals surface area contributed by atoms with Crippen molar-refractivity contribution >= 4 is 34.6 Å². The summed E-state index contributed by atoms with van der Waals surface area (Å²) < 4.78 is 5.33. The molecule has 1 heterocycles. The number of ether oxygens (including phenoxy) is 1. The Morgan fingerprint density at radius 2 is 2.11 bits per heavy atom. The van der Waals surface area contributed by atoms with Crippen LogP contribution in [0.25, 0.3) is 0 Å². The van der Waals surface area contributed by atoms with Gasteiger partial charge in [0, 0.05) is 30.7 Å². The van der Waals surface area contributed by atoms with Gasteiger partial charge in [-0.3, -0.25) is 10.1 Å². The first kappa shape index (κ1) is 14.4. The van der Waals surface area contributed by atoms with Gasteiger partial charge in [0.2, 0.25) is 0 Å². The van der Waals surface area contributed by atoms with E-state index in [1.165, 1.54) is 12.1 Å². The molecule has 104 valence electrons. The van der Waals surface area contributed by atoms with Crippen molar-refractivity contribution in [3.05, 3.63) is 32.3 Å². The summed E-state index contributed by atoms with van der Waals surface area (Å²) in [5.74, 6) is 0.391. The highest BCUT2D eigenvalue weighted by atomic mass is 35.5. The van der Waals surface area contributed by atoms with Crippen molar-refractivity contribution in [3.63, 3.8) is 0 Å². The van der Waals surface area contributed by atoms with Gasteiger partial charge in [0.05, 0.1) is 27.3 Å². The topological polar surface area (TPSA) is 64.4 Å². The Labute approximate surface area is 121 Å². The second-order valence-corrected chi connectivity index (χ2v) is 5.41. The van der Waals surface area contributed by atoms with Crippen LogP contribution in [0.1, 0.15) is 13.3 Å². The Bertz CT molecular complexity index is 467. The van der Waals surface area contributed by atoms with E-state index in [1.807, 2.05) is 6.92 Å². The number of nitro benzene ring substituents is 1. The SMILES string of the molecule is CC(Nc1c(Cl)cc([N+](=O)[O-])cc1Cl)C1CCOC1. The lowest BCUT2D eigenvalue weighted by Gasteiger charge is -2.21. The number of nitrogens with zero attached hydrogens (tertiary/aromatic N) is 1. The van der Waals surface area contributed by atoms with Gasteiger partial charge in [0.15, 0.2) is 0 Å². The molecule has 0 amide bonds. The van der Waals surface area contributed by atoms with Crippen LogP contribution in [0.3, 0.4) is 0 Å². The fourth-order valence-electron chi connectivity index (χ4n) is 2.10. The summed E-state index contributed by atoms with van der Waals surface area (Å²) in [5, 5.41) is 14.4. The number of rotatable bonds is 4. The van der Waals surface area contributed by atoms with Crippen LogP contribution in [0.5, 0.6) is 0 Å². The van der Waals surface area contributed by atoms with Gasteiger partial charge in [0.1, 0.15) is 0 Å². The van der Waals surface area contributed by atoms with Gasteiger partial charge in [-0.05, 0) is 13.3 Å². The monoisotopic (exact) mass is 304 g/mol. The lowest BCUT2D eigenvalue weighted by molar-refractivity contribution is -0.384. The number of benzene rings is 1. The Balaban J connectivity index is 2.18. The van der Waals surface area contributed by atoms with E-state index in [0.29, 0.717) is 18.2 Å². The summed E-state index contributed by atoms with van der Waals surface area (Å²) in [4.78, 5) is 10.2. The van der Waals surface area contributed by atoms with Crippen molar-refractivity contribution < 1.29 is 9.66 Å². The van der Waals surface area contributed by atoms with E-state index in [-0.39, 0.29) is 21.8 Å². The molecular formula is C12H14Cl2N2O3. The lowest BCUT2D eigenvalue weighted by Crippen LogP contribution is -2.26. The third-order valence-electron chi connectivity index (χ3n) is 3.28. The summed E-state index contributed by atoms with van der Waals surface area (Å²) >= 11 is 12.1. The molecule has 1 N–H and O–H groups in total. The van der Waals surface area contributed by atoms with Crippen LogP contribution in [0.4, 0.5) is 11.4 Å². The van der Waals surface area contributed by atoms with Gasteiger partial charge < -0.3 is 10.1 Å². The van der Waals surface area contributed by atoms with Crippen molar-refractivity contribution in [1.29, 1.82) is 0 Å². The first-order valence-electron chi connectivity index (χ1n) is 5.96. The molecule has 1 aromatic rings. The fraction of sp³-hybridized carbons (Fsp3) is 0.500. The number of hydrogen-bond donors (Lipinski definition) is 1. The first-order valence-corrected chi connectivity index (χ1v) is 6.72. The van der Waals surface area contributed by atoms with E-state index in [0.717, 1.165) is 13.0 Å². The molecule has 0 bridgehead atoms. The molecule has 5 nitrogen and oxygen atoms in total. The number of hydrogen-bond acceptors (Lipinski definition) is 4. The summed E-state index contributed by atoms with van der Waals surface area (Å²) in [5.41, 5.74) is 0.422. The van der Waals surface area contributed by atoms with Crippen molar-refractivity contribution in [2.24, 2.45) is 5.92 Å². The predicted octanol–water partition coefficient (Wildman–Crippen LogP) is 3.74. The van der Waals surface area contributed by atoms with E-state index in [1.54, 1.807) is 0 Å². The zero-order valence-corrected chi connectivity index (χ0v) is 11.9. The zero-order chi connectivity index (χ0) is 14.0. The van der Waals surface area contributed by atoms with Crippen molar-refractivity contribution in [1.82, 2.24) is 0 Å². The van der Waals surface area contributed by atoms with Crippen LogP contribution < -0.4 is 5.32 Å². The summed E-state index contributed by atoms with van der Waals surface area (Å²) in [6.07, 6.45) is 0.983. The maximum absolute atomic E-state index is 10.7. The minimum atomic E-state index is -0.518. The molecule has 0 saturated carbocycles. The molecule has 1 fully saturated rings. The summed E-state index contributed by atoms with van der Waals surface area (Å²) in [7, 11) is 0. The molecule has 2 unspecified atom stereocenters. The molecule has 7 heteroatoms. The number of halogens is 2. The molecule has 2 rings (SSSR count). The standard InChI is InChI=1S/C12H14Cl2N2O3/c1-7(8-2-3-19-6-8)15-12-10(13)4-9(16(17)18)5-11(12)14/h4-5,7-8,15H,2-3,6H2,1H3. The van der Waals surface area contributed by atoms with Crippen LogP contribution in [0.15, 0.2) is 12.1 Å². The second kappa shape index (κ2) is 5.94. The van der Waals surface area contributed by atoms with Crippen LogP contribution in [0.2, 0.25) is 10.0 Å². The maximum atomic E-state index is 10.7. The highest BCUT2D eigenvalue weighted by molar-refractivity contribution is 6.39. The zero-order valence-electron chi connectivity index (χ0n) is 10.4. The molecule has 1 saturated heterocycles. The third-order valence-corrected chi connectivity index (χ3v) is 3.88. The maximum Gasteiger partial charge on any atom is 0.272 e. The lowest BCUT2D eigenvalue weighted by atomic mass is 10.0. The van der Waals surface area contributed by atoms with E-state index >= 15 is 0 Å². The largest absolute Gasteiger partial charge is 0.381 e. The number of nitrogens with one attached hydrogen (secondary N) is 1. The highest BCUT2D eigenvalue weighted by Crippen LogP contribution is 2.36. The molecule has 2 atom stereocenters. The van der Waals surface area contributed by atoms with Gasteiger partial charge in [-0.15, -0.1) is 0 Å². The third kappa shape index (κ3) is 3.29. The molecule has 0 radical (unpaired) electrons. The van der Waals surface area contributed by atoms with Gasteiger partial charge in [-0.1, -0.05) is 23.2 Å². The van der Waals surface area contributed by atoms with Crippen molar-refractivity contribution in [3.8, 4) is 0 Å². The van der Waals surface area contributed by atoms with E-state index in [4.69, 9.17) is 27.9 Å². The van der Waals surface area contributed by atoms with Crippen molar-refractivity contribution in [2.45, 2.75) is 19.4 Å². The average molecular weight is 305 g/mol. The van der Waals surface area contributed by atoms with Crippen LogP contribution >= 0.6 is 23.2 Å². The minimum Gasteiger partial charge on any atom is -0.381 e. The van der Waals surface area contributed by atoms with Gasteiger partial charge in [0.25, 0.3) is 5.69 Å². The molecular weight excluding hydrogens is 291 g/mol. The van der Waals surface area contributed by atoms with Gasteiger partial charge in [-0.2, -0.15) is 0 Å². The normalized spacial score (nSPS) is 20.3. The Hall–Kier alpha value is -1.04. The number of nitro groups is 1. The quantitative estimate of drug-likeness (QED) is 0.680. The first-order chi connectivity index (χ1) is 8.99. The smallest absolute Gasteiger partial charge is 0.272 e. The molecule has 1 aliphatic heterocycles. The van der Waals surface area contributed by atoms with Crippen LogP contribution in [-0.2, 0) is 4.74 Å². The number of non-ortho nitro benzene ring substituents is 1. The summed E-state index contributed by atoms with van der Waals surface area (Å²) in [6, 6.07) is 2.74. The fourth-order valence-corrected chi connectivity index (χ4v) is 2.68. The Morgan fingerprint density at radius 3 is 2.58 bits per heavy atom. The predicted molar refractivity (Wildman–Crippen MR) is 75.1 cm³/mol. The molecule has 1 aliphatic rings. The van der Waals surface area contributed by atoms with E-state index in [2.05, 4.69) is 5.32 Å². The molecule has 0 aromatic heterocycles. The van der Waals surface area contributed by atoms with Gasteiger partial charge >= 0.3 is 0 Å². The van der Waals surface area contributed by atoms with Crippen LogP contribution in [-0.4, -0.2) is 24.2 Å². The summed E-state index contributed by atoms with van der Waals surface area (Å²) in [6.45, 7) is 3.49. The van der Waals surface area contributed by atoms with E-state index in [9.17, 15) is 10.1 Å². The van der Waals surface area contributed by atoms with E-state index < -0.39 is 4.92 Å². The molecule has 0 aliphatic carbocycles. The number of anilines is 1. The molecule has 1 aromatic carbocycles.